The van der Waals surface area contributed by atoms with Crippen LogP contribution in [-0.2, 0) is 4.79 Å². The number of hydrogen-bond acceptors (Lipinski definition) is 2. The maximum Gasteiger partial charge on any atom is 0.253 e. The van der Waals surface area contributed by atoms with E-state index in [1.807, 2.05) is 25.1 Å². The first-order valence-electron chi connectivity index (χ1n) is 7.01. The predicted molar refractivity (Wildman–Crippen MR) is 93.2 cm³/mol. The fraction of sp³-hybridized carbons (Fsp3) is 0.176. The molecular formula is C17H16Cl2N2O2. The summed E-state index contributed by atoms with van der Waals surface area (Å²) in [7, 11) is 0. The quantitative estimate of drug-likeness (QED) is 0.873. The lowest BCUT2D eigenvalue weighted by Crippen LogP contribution is -2.41. The van der Waals surface area contributed by atoms with Crippen LogP contribution in [0, 0.1) is 6.92 Å². The smallest absolute Gasteiger partial charge is 0.253 e. The zero-order chi connectivity index (χ0) is 17.0. The van der Waals surface area contributed by atoms with Crippen molar-refractivity contribution in [3.05, 3.63) is 63.6 Å². The van der Waals surface area contributed by atoms with Crippen molar-refractivity contribution >= 4 is 40.7 Å². The van der Waals surface area contributed by atoms with Gasteiger partial charge >= 0.3 is 0 Å². The molecule has 0 bridgehead atoms. The second kappa shape index (κ2) is 7.49. The van der Waals surface area contributed by atoms with Crippen LogP contribution in [0.1, 0.15) is 22.8 Å². The molecular weight excluding hydrogens is 335 g/mol. The summed E-state index contributed by atoms with van der Waals surface area (Å²) in [6, 6.07) is 11.3. The minimum absolute atomic E-state index is 0.238. The number of benzene rings is 2. The molecule has 0 radical (unpaired) electrons. The standard InChI is InChI=1S/C17H16Cl2N2O2/c1-10-5-3-4-6-15(10)21-16(22)11(2)20-17(23)13-8-7-12(18)9-14(13)19/h3-9,11H,1-2H3,(H,20,23)(H,21,22). The number of amides is 2. The molecule has 2 rings (SSSR count). The molecule has 23 heavy (non-hydrogen) atoms. The van der Waals surface area contributed by atoms with Crippen molar-refractivity contribution in [1.82, 2.24) is 5.32 Å². The zero-order valence-corrected chi connectivity index (χ0v) is 14.2. The normalized spacial score (nSPS) is 11.7. The van der Waals surface area contributed by atoms with Gasteiger partial charge in [0.15, 0.2) is 0 Å². The van der Waals surface area contributed by atoms with Crippen LogP contribution in [-0.4, -0.2) is 17.9 Å². The summed E-state index contributed by atoms with van der Waals surface area (Å²) in [5.74, 6) is -0.739. The van der Waals surface area contributed by atoms with Crippen molar-refractivity contribution < 1.29 is 9.59 Å². The van der Waals surface area contributed by atoms with Crippen LogP contribution in [0.4, 0.5) is 5.69 Å². The molecule has 0 aliphatic heterocycles. The number of carbonyl (C=O) groups is 2. The van der Waals surface area contributed by atoms with E-state index >= 15 is 0 Å². The Balaban J connectivity index is 2.03. The molecule has 0 spiro atoms. The van der Waals surface area contributed by atoms with Gasteiger partial charge in [-0.05, 0) is 43.7 Å². The first kappa shape index (κ1) is 17.3. The zero-order valence-electron chi connectivity index (χ0n) is 12.7. The molecule has 2 amide bonds. The fourth-order valence-electron chi connectivity index (χ4n) is 1.97. The lowest BCUT2D eigenvalue weighted by Gasteiger charge is -2.15. The maximum atomic E-state index is 12.2. The Kier molecular flexibility index (Phi) is 5.64. The van der Waals surface area contributed by atoms with Gasteiger partial charge in [0.1, 0.15) is 6.04 Å². The molecule has 0 saturated carbocycles. The van der Waals surface area contributed by atoms with E-state index in [-0.39, 0.29) is 16.5 Å². The molecule has 1 atom stereocenters. The van der Waals surface area contributed by atoms with Crippen molar-refractivity contribution in [1.29, 1.82) is 0 Å². The predicted octanol–water partition coefficient (Wildman–Crippen LogP) is 4.06. The minimum Gasteiger partial charge on any atom is -0.340 e. The Morgan fingerprint density at radius 2 is 1.78 bits per heavy atom. The van der Waals surface area contributed by atoms with Crippen LogP contribution in [0.2, 0.25) is 10.0 Å². The van der Waals surface area contributed by atoms with Gasteiger partial charge in [-0.25, -0.2) is 0 Å². The maximum absolute atomic E-state index is 12.2. The summed E-state index contributed by atoms with van der Waals surface area (Å²) >= 11 is 11.8. The number of hydrogen-bond donors (Lipinski definition) is 2. The van der Waals surface area contributed by atoms with E-state index < -0.39 is 11.9 Å². The fourth-order valence-corrected chi connectivity index (χ4v) is 2.46. The van der Waals surface area contributed by atoms with Crippen LogP contribution >= 0.6 is 23.2 Å². The number of rotatable bonds is 4. The summed E-state index contributed by atoms with van der Waals surface area (Å²) in [6.07, 6.45) is 0. The molecule has 0 aliphatic rings. The Bertz CT molecular complexity index is 747. The molecule has 4 nitrogen and oxygen atoms in total. The van der Waals surface area contributed by atoms with Gasteiger partial charge in [-0.15, -0.1) is 0 Å². The largest absolute Gasteiger partial charge is 0.340 e. The number of anilines is 1. The second-order valence-corrected chi connectivity index (χ2v) is 5.97. The van der Waals surface area contributed by atoms with Crippen LogP contribution < -0.4 is 10.6 Å². The third kappa shape index (κ3) is 4.47. The van der Waals surface area contributed by atoms with Crippen LogP contribution in [0.15, 0.2) is 42.5 Å². The molecule has 0 heterocycles. The summed E-state index contributed by atoms with van der Waals surface area (Å²) in [5.41, 5.74) is 1.93. The monoisotopic (exact) mass is 350 g/mol. The molecule has 120 valence electrons. The molecule has 2 aromatic carbocycles. The molecule has 0 fully saturated rings. The average Bonchev–Trinajstić information content (AvgIpc) is 2.49. The second-order valence-electron chi connectivity index (χ2n) is 5.12. The Morgan fingerprint density at radius 1 is 1.09 bits per heavy atom. The van der Waals surface area contributed by atoms with Gasteiger partial charge in [-0.3, -0.25) is 9.59 Å². The van der Waals surface area contributed by atoms with Crippen molar-refractivity contribution in [2.24, 2.45) is 0 Å². The van der Waals surface area contributed by atoms with Gasteiger partial charge in [-0.1, -0.05) is 41.4 Å². The molecule has 0 saturated heterocycles. The van der Waals surface area contributed by atoms with Gasteiger partial charge in [-0.2, -0.15) is 0 Å². The van der Waals surface area contributed by atoms with Crippen molar-refractivity contribution in [2.75, 3.05) is 5.32 Å². The van der Waals surface area contributed by atoms with E-state index in [1.165, 1.54) is 12.1 Å². The molecule has 0 aromatic heterocycles. The molecule has 6 heteroatoms. The van der Waals surface area contributed by atoms with E-state index in [0.717, 1.165) is 5.56 Å². The highest BCUT2D eigenvalue weighted by molar-refractivity contribution is 6.36. The number of aryl methyl sites for hydroxylation is 1. The Labute approximate surface area is 144 Å². The van der Waals surface area contributed by atoms with E-state index in [1.54, 1.807) is 19.1 Å². The third-order valence-electron chi connectivity index (χ3n) is 3.32. The lowest BCUT2D eigenvalue weighted by molar-refractivity contribution is -0.117. The molecule has 1 unspecified atom stereocenters. The van der Waals surface area contributed by atoms with Crippen molar-refractivity contribution in [3.63, 3.8) is 0 Å². The summed E-state index contributed by atoms with van der Waals surface area (Å²) in [5, 5.41) is 6.08. The van der Waals surface area contributed by atoms with Crippen molar-refractivity contribution in [3.8, 4) is 0 Å². The topological polar surface area (TPSA) is 58.2 Å². The summed E-state index contributed by atoms with van der Waals surface area (Å²) in [4.78, 5) is 24.4. The van der Waals surface area contributed by atoms with E-state index in [2.05, 4.69) is 10.6 Å². The number of carbonyl (C=O) groups excluding carboxylic acids is 2. The number of halogens is 2. The van der Waals surface area contributed by atoms with Crippen molar-refractivity contribution in [2.45, 2.75) is 19.9 Å². The average molecular weight is 351 g/mol. The van der Waals surface area contributed by atoms with Crippen LogP contribution in [0.3, 0.4) is 0 Å². The van der Waals surface area contributed by atoms with E-state index in [4.69, 9.17) is 23.2 Å². The van der Waals surface area contributed by atoms with Gasteiger partial charge < -0.3 is 10.6 Å². The van der Waals surface area contributed by atoms with Gasteiger partial charge in [0, 0.05) is 10.7 Å². The van der Waals surface area contributed by atoms with Gasteiger partial charge in [0.05, 0.1) is 10.6 Å². The highest BCUT2D eigenvalue weighted by Crippen LogP contribution is 2.21. The Morgan fingerprint density at radius 3 is 2.43 bits per heavy atom. The first-order chi connectivity index (χ1) is 10.9. The van der Waals surface area contributed by atoms with Crippen LogP contribution in [0.25, 0.3) is 0 Å². The highest BCUT2D eigenvalue weighted by Gasteiger charge is 2.18. The minimum atomic E-state index is -0.714. The van der Waals surface area contributed by atoms with E-state index in [9.17, 15) is 9.59 Å². The van der Waals surface area contributed by atoms with E-state index in [0.29, 0.717) is 10.7 Å². The molecule has 2 aromatic rings. The Hall–Kier alpha value is -2.04. The van der Waals surface area contributed by atoms with Gasteiger partial charge in [0.25, 0.3) is 5.91 Å². The molecule has 2 N–H and O–H groups in total. The van der Waals surface area contributed by atoms with Gasteiger partial charge in [0.2, 0.25) is 5.91 Å². The summed E-state index contributed by atoms with van der Waals surface area (Å²) in [6.45, 7) is 3.50. The summed E-state index contributed by atoms with van der Waals surface area (Å²) < 4.78 is 0. The lowest BCUT2D eigenvalue weighted by atomic mass is 10.1. The number of para-hydroxylation sites is 1. The molecule has 0 aliphatic carbocycles. The first-order valence-corrected chi connectivity index (χ1v) is 7.76. The highest BCUT2D eigenvalue weighted by atomic mass is 35.5. The SMILES string of the molecule is Cc1ccccc1NC(=O)C(C)NC(=O)c1ccc(Cl)cc1Cl. The number of nitrogens with one attached hydrogen (secondary N) is 2. The van der Waals surface area contributed by atoms with Crippen LogP contribution in [0.5, 0.6) is 0 Å². The third-order valence-corrected chi connectivity index (χ3v) is 3.87.